The van der Waals surface area contributed by atoms with Gasteiger partial charge in [0.25, 0.3) is 50.6 Å². The number of carbonyl (C=O) groups is 1. The van der Waals surface area contributed by atoms with Crippen LogP contribution in [0.2, 0.25) is 10.6 Å². The first-order valence-electron chi connectivity index (χ1n) is 18.7. The minimum Gasteiger partial charge on any atom is -0.351 e. The van der Waals surface area contributed by atoms with Gasteiger partial charge in [0.2, 0.25) is 34.4 Å². The van der Waals surface area contributed by atoms with Gasteiger partial charge in [-0.05, 0) is 107 Å². The highest BCUT2D eigenvalue weighted by atomic mass is 35.5. The molecule has 376 valence electrons. The molecule has 7 aromatic rings. The Bertz CT molecular complexity index is 4030. The molecule has 0 aliphatic carbocycles. The molecule has 2 amide bonds. The molecule has 7 rings (SSSR count). The summed E-state index contributed by atoms with van der Waals surface area (Å²) in [4.78, 5) is 31.7. The number of benzene rings is 5. The van der Waals surface area contributed by atoms with Crippen LogP contribution in [-0.4, -0.2) is 101 Å². The van der Waals surface area contributed by atoms with Crippen molar-refractivity contribution in [1.29, 1.82) is 0 Å². The second-order valence-electron chi connectivity index (χ2n) is 14.0. The number of nitrogens with one attached hydrogen (secondary N) is 5. The van der Waals surface area contributed by atoms with E-state index in [1.807, 2.05) is 0 Å². The summed E-state index contributed by atoms with van der Waals surface area (Å²) < 4.78 is 170. The molecular formula is C35H26Cl2N14O16S5. The molecule has 0 unspecified atom stereocenters. The van der Waals surface area contributed by atoms with Crippen LogP contribution >= 0.6 is 23.2 Å². The number of rotatable bonds is 16. The molecule has 0 saturated carbocycles. The molecule has 30 nitrogen and oxygen atoms in total. The monoisotopic (exact) mass is 1130 g/mol. The fourth-order valence-corrected chi connectivity index (χ4v) is 9.57. The average Bonchev–Trinajstić information content (AvgIpc) is 3.23. The highest BCUT2D eigenvalue weighted by Crippen LogP contribution is 2.38. The van der Waals surface area contributed by atoms with Crippen LogP contribution in [0.4, 0.5) is 68.4 Å². The van der Waals surface area contributed by atoms with Crippen LogP contribution in [0.25, 0.3) is 10.8 Å². The predicted molar refractivity (Wildman–Crippen MR) is 253 cm³/mol. The van der Waals surface area contributed by atoms with E-state index >= 15 is 0 Å². The molecule has 72 heavy (non-hydrogen) atoms. The molecule has 0 spiro atoms. The van der Waals surface area contributed by atoms with Crippen LogP contribution in [0.5, 0.6) is 0 Å². The van der Waals surface area contributed by atoms with Gasteiger partial charge in [0, 0.05) is 22.4 Å². The quantitative estimate of drug-likeness (QED) is 0.0412. The number of nitrogens with zero attached hydrogens (tertiary/aromatic N) is 8. The van der Waals surface area contributed by atoms with Crippen molar-refractivity contribution in [2.75, 3.05) is 26.6 Å². The van der Waals surface area contributed by atoms with Crippen molar-refractivity contribution >= 4 is 154 Å². The zero-order valence-corrected chi connectivity index (χ0v) is 40.4. The molecule has 0 aliphatic heterocycles. The average molecular weight is 1130 g/mol. The maximum atomic E-state index is 12.4. The first kappa shape index (κ1) is 52.4. The number of primary amides is 1. The van der Waals surface area contributed by atoms with E-state index in [0.717, 1.165) is 36.4 Å². The number of hydrogen-bond acceptors (Lipinski definition) is 23. The van der Waals surface area contributed by atoms with Gasteiger partial charge in [0.1, 0.15) is 26.1 Å². The van der Waals surface area contributed by atoms with Gasteiger partial charge in [-0.15, -0.1) is 10.2 Å². The lowest BCUT2D eigenvalue weighted by Crippen LogP contribution is -2.19. The Balaban J connectivity index is 1.18. The van der Waals surface area contributed by atoms with Gasteiger partial charge in [-0.2, -0.15) is 72.0 Å². The Hall–Kier alpha value is -7.42. The highest BCUT2D eigenvalue weighted by molar-refractivity contribution is 7.87. The Morgan fingerprint density at radius 2 is 0.958 bits per heavy atom. The van der Waals surface area contributed by atoms with Crippen molar-refractivity contribution in [2.45, 2.75) is 24.5 Å². The number of azo groups is 1. The van der Waals surface area contributed by atoms with E-state index in [4.69, 9.17) is 28.9 Å². The number of carbonyl (C=O) groups excluding carboxylic acids is 1. The lowest BCUT2D eigenvalue weighted by molar-refractivity contribution is 0.259. The van der Waals surface area contributed by atoms with Crippen LogP contribution in [-0.2, 0) is 50.6 Å². The maximum Gasteiger partial charge on any atom is 0.316 e. The summed E-state index contributed by atoms with van der Waals surface area (Å²) in [6.45, 7) is 0. The molecular weight excluding hydrogens is 1100 g/mol. The van der Waals surface area contributed by atoms with Crippen LogP contribution in [0.1, 0.15) is 0 Å². The summed E-state index contributed by atoms with van der Waals surface area (Å²) in [5, 5.41) is 18.8. The lowest BCUT2D eigenvalue weighted by atomic mass is 10.1. The first-order chi connectivity index (χ1) is 33.4. The van der Waals surface area contributed by atoms with E-state index < -0.39 is 109 Å². The molecule has 2 aromatic heterocycles. The number of nitrogens with two attached hydrogens (primary N) is 1. The second kappa shape index (κ2) is 19.6. The molecule has 0 aliphatic rings. The lowest BCUT2D eigenvalue weighted by Gasteiger charge is -2.14. The molecule has 0 saturated heterocycles. The van der Waals surface area contributed by atoms with Gasteiger partial charge in [0.15, 0.2) is 0 Å². The SMILES string of the molecule is NC(=O)Nc1cc(Nc2nc(Cl)nc(Nc3cc(Nc4nc(Cl)nc(Nc5cccc(S(=O)(=O)O)c5)n4)ccc3S(=O)(=O)O)n2)ccc1N=Nc1cc2c(S(=O)(=O)O)cc(S(=O)(=O)O)cc2cc1S(=O)(=O)O. The van der Waals surface area contributed by atoms with E-state index in [1.54, 1.807) is 0 Å². The Morgan fingerprint density at radius 1 is 0.472 bits per heavy atom. The molecule has 37 heteroatoms. The maximum absolute atomic E-state index is 12.4. The van der Waals surface area contributed by atoms with Crippen LogP contribution in [0.3, 0.4) is 0 Å². The minimum absolute atomic E-state index is 0.0310. The largest absolute Gasteiger partial charge is 0.351 e. The standard InChI is InChI=1S/C35H26Cl2N14O16S5/c36-29-44-32(39-16-2-1-3-19(10-16)68(53,54)55)48-33(45-29)41-18-5-7-26(70(59,60)61)24(12-18)43-35-47-30(37)46-34(49-35)40-17-4-6-22(23(11-17)42-31(38)52)50-51-25-14-21-15(9-28(25)72(65,66)67)8-20(69(56,57)58)13-27(21)71(62,63)64/h1-14H,(H3,38,42,52)(H,53,54,55)(H,56,57,58)(H,59,60,61)(H,62,63,64)(H,65,66,67)(H2,39,41,44,45,48)(H2,40,43,46,47,49). The predicted octanol–water partition coefficient (Wildman–Crippen LogP) is 5.63. The number of urea groups is 1. The number of amides is 2. The summed E-state index contributed by atoms with van der Waals surface area (Å²) in [6.07, 6.45) is 0. The van der Waals surface area contributed by atoms with Gasteiger partial charge < -0.3 is 32.3 Å². The molecule has 2 heterocycles. The Morgan fingerprint density at radius 3 is 1.47 bits per heavy atom. The van der Waals surface area contributed by atoms with Gasteiger partial charge in [0.05, 0.1) is 21.2 Å². The third-order valence-corrected chi connectivity index (χ3v) is 13.7. The van der Waals surface area contributed by atoms with Crippen molar-refractivity contribution < 1.29 is 69.6 Å². The fraction of sp³-hybridized carbons (Fsp3) is 0. The van der Waals surface area contributed by atoms with E-state index in [1.165, 1.54) is 24.3 Å². The molecule has 12 N–H and O–H groups in total. The Kier molecular flexibility index (Phi) is 14.3. The summed E-state index contributed by atoms with van der Waals surface area (Å²) in [7, 11) is -25.2. The number of aromatic nitrogens is 6. The highest BCUT2D eigenvalue weighted by Gasteiger charge is 2.25. The molecule has 0 bridgehead atoms. The zero-order chi connectivity index (χ0) is 52.7. The van der Waals surface area contributed by atoms with E-state index in [2.05, 4.69) is 66.7 Å². The van der Waals surface area contributed by atoms with E-state index in [9.17, 15) is 69.6 Å². The summed E-state index contributed by atoms with van der Waals surface area (Å²) in [6, 6.07) is 13.0. The van der Waals surface area contributed by atoms with Crippen molar-refractivity contribution in [3.8, 4) is 0 Å². The van der Waals surface area contributed by atoms with Gasteiger partial charge in [-0.1, -0.05) is 6.07 Å². The number of halogens is 2. The van der Waals surface area contributed by atoms with Crippen molar-refractivity contribution in [3.63, 3.8) is 0 Å². The number of anilines is 9. The summed E-state index contributed by atoms with van der Waals surface area (Å²) in [5.41, 5.74) is 3.89. The molecule has 0 fully saturated rings. The fourth-order valence-electron chi connectivity index (χ4n) is 6.10. The van der Waals surface area contributed by atoms with Crippen LogP contribution in [0.15, 0.2) is 120 Å². The van der Waals surface area contributed by atoms with E-state index in [-0.39, 0.29) is 57.3 Å². The third-order valence-electron chi connectivity index (χ3n) is 8.96. The van der Waals surface area contributed by atoms with Crippen molar-refractivity contribution in [1.82, 2.24) is 29.9 Å². The molecule has 0 radical (unpaired) electrons. The second-order valence-corrected chi connectivity index (χ2v) is 21.7. The smallest absolute Gasteiger partial charge is 0.316 e. The van der Waals surface area contributed by atoms with Gasteiger partial charge in [-0.25, -0.2) is 4.79 Å². The zero-order valence-electron chi connectivity index (χ0n) is 34.8. The third kappa shape index (κ3) is 12.9. The van der Waals surface area contributed by atoms with Gasteiger partial charge in [-0.3, -0.25) is 22.8 Å². The minimum atomic E-state index is -5.27. The van der Waals surface area contributed by atoms with Crippen LogP contribution in [0, 0.1) is 0 Å². The van der Waals surface area contributed by atoms with Crippen LogP contribution < -0.4 is 32.3 Å². The van der Waals surface area contributed by atoms with Crippen molar-refractivity contribution in [2.24, 2.45) is 16.0 Å². The Labute approximate surface area is 414 Å². The number of fused-ring (bicyclic) bond motifs is 1. The summed E-state index contributed by atoms with van der Waals surface area (Å²) in [5.74, 6) is -1.21. The summed E-state index contributed by atoms with van der Waals surface area (Å²) >= 11 is 12.3. The topological polar surface area (TPSA) is 477 Å². The first-order valence-corrected chi connectivity index (χ1v) is 26.6. The van der Waals surface area contributed by atoms with E-state index in [0.29, 0.717) is 24.3 Å². The normalized spacial score (nSPS) is 12.4. The van der Waals surface area contributed by atoms with Crippen molar-refractivity contribution in [3.05, 3.63) is 95.5 Å². The molecule has 0 atom stereocenters. The van der Waals surface area contributed by atoms with Gasteiger partial charge >= 0.3 is 6.03 Å². The number of hydrogen-bond donors (Lipinski definition) is 11. The molecule has 5 aromatic carbocycles.